The first kappa shape index (κ1) is 15.7. The molecule has 2 rings (SSSR count). The number of rotatable bonds is 6. The fourth-order valence-corrected chi connectivity index (χ4v) is 1.89. The number of methoxy groups -OCH3 is 2. The summed E-state index contributed by atoms with van der Waals surface area (Å²) in [4.78, 5) is 11.9. The Labute approximate surface area is 129 Å². The SMILES string of the molecule is COc1ccc(NC(=O)COc2ccc(C)cc2)cc1OC. The van der Waals surface area contributed by atoms with Crippen LogP contribution in [0.5, 0.6) is 17.2 Å². The normalized spacial score (nSPS) is 9.95. The van der Waals surface area contributed by atoms with Crippen molar-refractivity contribution in [1.29, 1.82) is 0 Å². The maximum atomic E-state index is 11.9. The van der Waals surface area contributed by atoms with Gasteiger partial charge >= 0.3 is 0 Å². The van der Waals surface area contributed by atoms with Crippen LogP contribution in [-0.2, 0) is 4.79 Å². The van der Waals surface area contributed by atoms with Gasteiger partial charge in [0.05, 0.1) is 14.2 Å². The molecule has 116 valence electrons. The van der Waals surface area contributed by atoms with E-state index in [2.05, 4.69) is 5.32 Å². The monoisotopic (exact) mass is 301 g/mol. The van der Waals surface area contributed by atoms with Crippen molar-refractivity contribution < 1.29 is 19.0 Å². The van der Waals surface area contributed by atoms with Crippen molar-refractivity contribution in [2.75, 3.05) is 26.1 Å². The summed E-state index contributed by atoms with van der Waals surface area (Å²) in [7, 11) is 3.11. The summed E-state index contributed by atoms with van der Waals surface area (Å²) >= 11 is 0. The highest BCUT2D eigenvalue weighted by molar-refractivity contribution is 5.92. The molecule has 0 saturated heterocycles. The molecule has 0 heterocycles. The van der Waals surface area contributed by atoms with E-state index in [-0.39, 0.29) is 12.5 Å². The molecule has 0 unspecified atom stereocenters. The van der Waals surface area contributed by atoms with Crippen LogP contribution in [0.15, 0.2) is 42.5 Å². The summed E-state index contributed by atoms with van der Waals surface area (Å²) < 4.78 is 15.8. The Hall–Kier alpha value is -2.69. The van der Waals surface area contributed by atoms with Crippen LogP contribution in [0.4, 0.5) is 5.69 Å². The molecule has 0 aliphatic carbocycles. The van der Waals surface area contributed by atoms with Gasteiger partial charge in [0, 0.05) is 11.8 Å². The second kappa shape index (κ2) is 7.36. The lowest BCUT2D eigenvalue weighted by molar-refractivity contribution is -0.118. The number of benzene rings is 2. The summed E-state index contributed by atoms with van der Waals surface area (Å²) in [5, 5.41) is 2.75. The molecule has 0 saturated carbocycles. The van der Waals surface area contributed by atoms with E-state index >= 15 is 0 Å². The lowest BCUT2D eigenvalue weighted by Crippen LogP contribution is -2.20. The molecular formula is C17H19NO4. The molecule has 0 bridgehead atoms. The average molecular weight is 301 g/mol. The van der Waals surface area contributed by atoms with Crippen molar-refractivity contribution in [2.24, 2.45) is 0 Å². The first-order valence-electron chi connectivity index (χ1n) is 6.83. The largest absolute Gasteiger partial charge is 0.493 e. The van der Waals surface area contributed by atoms with E-state index in [1.165, 1.54) is 0 Å². The zero-order valence-corrected chi connectivity index (χ0v) is 12.9. The Balaban J connectivity index is 1.93. The minimum absolute atomic E-state index is 0.0581. The molecule has 22 heavy (non-hydrogen) atoms. The molecule has 0 aliphatic heterocycles. The van der Waals surface area contributed by atoms with Crippen molar-refractivity contribution >= 4 is 11.6 Å². The quantitative estimate of drug-likeness (QED) is 0.891. The highest BCUT2D eigenvalue weighted by Crippen LogP contribution is 2.29. The summed E-state index contributed by atoms with van der Waals surface area (Å²) in [5.74, 6) is 1.58. The summed E-state index contributed by atoms with van der Waals surface area (Å²) in [6, 6.07) is 12.7. The standard InChI is InChI=1S/C17H19NO4/c1-12-4-7-14(8-5-12)22-11-17(19)18-13-6-9-15(20-2)16(10-13)21-3/h4-10H,11H2,1-3H3,(H,18,19). The van der Waals surface area contributed by atoms with Crippen LogP contribution in [0.25, 0.3) is 0 Å². The van der Waals surface area contributed by atoms with Crippen molar-refractivity contribution in [3.63, 3.8) is 0 Å². The first-order chi connectivity index (χ1) is 10.6. The number of hydrogen-bond donors (Lipinski definition) is 1. The number of amides is 1. The Bertz CT molecular complexity index is 638. The van der Waals surface area contributed by atoms with Crippen molar-refractivity contribution in [3.05, 3.63) is 48.0 Å². The van der Waals surface area contributed by atoms with Crippen LogP contribution in [0.1, 0.15) is 5.56 Å². The van der Waals surface area contributed by atoms with E-state index in [0.717, 1.165) is 5.56 Å². The predicted octanol–water partition coefficient (Wildman–Crippen LogP) is 3.03. The molecule has 2 aromatic rings. The highest BCUT2D eigenvalue weighted by Gasteiger charge is 2.08. The fraction of sp³-hybridized carbons (Fsp3) is 0.235. The van der Waals surface area contributed by atoms with Gasteiger partial charge in [-0.2, -0.15) is 0 Å². The van der Waals surface area contributed by atoms with Gasteiger partial charge in [0.15, 0.2) is 18.1 Å². The predicted molar refractivity (Wildman–Crippen MR) is 84.8 cm³/mol. The molecule has 0 spiro atoms. The highest BCUT2D eigenvalue weighted by atomic mass is 16.5. The third-order valence-electron chi connectivity index (χ3n) is 3.06. The molecule has 0 atom stereocenters. The number of aryl methyl sites for hydroxylation is 1. The van der Waals surface area contributed by atoms with Gasteiger partial charge in [-0.05, 0) is 31.2 Å². The lowest BCUT2D eigenvalue weighted by atomic mass is 10.2. The Morgan fingerprint density at radius 2 is 1.68 bits per heavy atom. The Morgan fingerprint density at radius 3 is 2.32 bits per heavy atom. The maximum Gasteiger partial charge on any atom is 0.262 e. The van der Waals surface area contributed by atoms with E-state index in [0.29, 0.717) is 22.9 Å². The second-order valence-corrected chi connectivity index (χ2v) is 4.72. The number of anilines is 1. The number of hydrogen-bond acceptors (Lipinski definition) is 4. The van der Waals surface area contributed by atoms with Crippen LogP contribution in [-0.4, -0.2) is 26.7 Å². The van der Waals surface area contributed by atoms with E-state index in [1.807, 2.05) is 31.2 Å². The van der Waals surface area contributed by atoms with Crippen LogP contribution in [0, 0.1) is 6.92 Å². The zero-order valence-electron chi connectivity index (χ0n) is 12.9. The van der Waals surface area contributed by atoms with Gasteiger partial charge in [0.25, 0.3) is 5.91 Å². The van der Waals surface area contributed by atoms with Crippen molar-refractivity contribution in [2.45, 2.75) is 6.92 Å². The van der Waals surface area contributed by atoms with Gasteiger partial charge in [-0.1, -0.05) is 17.7 Å². The third kappa shape index (κ3) is 4.15. The lowest BCUT2D eigenvalue weighted by Gasteiger charge is -2.11. The average Bonchev–Trinajstić information content (AvgIpc) is 2.54. The number of carbonyl (C=O) groups is 1. The molecule has 2 aromatic carbocycles. The van der Waals surface area contributed by atoms with Gasteiger partial charge in [-0.15, -0.1) is 0 Å². The molecule has 0 aliphatic rings. The summed E-state index contributed by atoms with van der Waals surface area (Å²) in [6.45, 7) is 1.94. The van der Waals surface area contributed by atoms with E-state index in [9.17, 15) is 4.79 Å². The van der Waals surface area contributed by atoms with E-state index in [1.54, 1.807) is 32.4 Å². The topological polar surface area (TPSA) is 56.8 Å². The van der Waals surface area contributed by atoms with Crippen LogP contribution in [0.2, 0.25) is 0 Å². The zero-order chi connectivity index (χ0) is 15.9. The Morgan fingerprint density at radius 1 is 1.00 bits per heavy atom. The minimum Gasteiger partial charge on any atom is -0.493 e. The van der Waals surface area contributed by atoms with Gasteiger partial charge in [-0.3, -0.25) is 4.79 Å². The van der Waals surface area contributed by atoms with Gasteiger partial charge in [-0.25, -0.2) is 0 Å². The number of nitrogens with one attached hydrogen (secondary N) is 1. The molecular weight excluding hydrogens is 282 g/mol. The van der Waals surface area contributed by atoms with Gasteiger partial charge in [0.2, 0.25) is 0 Å². The third-order valence-corrected chi connectivity index (χ3v) is 3.06. The van der Waals surface area contributed by atoms with Gasteiger partial charge in [0.1, 0.15) is 5.75 Å². The molecule has 0 radical (unpaired) electrons. The fourth-order valence-electron chi connectivity index (χ4n) is 1.89. The first-order valence-corrected chi connectivity index (χ1v) is 6.83. The van der Waals surface area contributed by atoms with Crippen LogP contribution < -0.4 is 19.5 Å². The van der Waals surface area contributed by atoms with Gasteiger partial charge < -0.3 is 19.5 Å². The number of carbonyl (C=O) groups excluding carboxylic acids is 1. The van der Waals surface area contributed by atoms with Crippen molar-refractivity contribution in [3.8, 4) is 17.2 Å². The maximum absolute atomic E-state index is 11.9. The van der Waals surface area contributed by atoms with E-state index < -0.39 is 0 Å². The minimum atomic E-state index is -0.243. The molecule has 0 fully saturated rings. The summed E-state index contributed by atoms with van der Waals surface area (Å²) in [5.41, 5.74) is 1.76. The van der Waals surface area contributed by atoms with Crippen molar-refractivity contribution in [1.82, 2.24) is 0 Å². The smallest absolute Gasteiger partial charge is 0.262 e. The summed E-state index contributed by atoms with van der Waals surface area (Å²) in [6.07, 6.45) is 0. The number of ether oxygens (including phenoxy) is 3. The molecule has 1 N–H and O–H groups in total. The molecule has 5 nitrogen and oxygen atoms in total. The Kier molecular flexibility index (Phi) is 5.25. The van der Waals surface area contributed by atoms with Crippen LogP contribution >= 0.6 is 0 Å². The molecule has 5 heteroatoms. The molecule has 0 aromatic heterocycles. The molecule has 1 amide bonds. The van der Waals surface area contributed by atoms with E-state index in [4.69, 9.17) is 14.2 Å². The van der Waals surface area contributed by atoms with Crippen LogP contribution in [0.3, 0.4) is 0 Å². The second-order valence-electron chi connectivity index (χ2n) is 4.72.